The van der Waals surface area contributed by atoms with Crippen LogP contribution < -0.4 is 0 Å². The van der Waals surface area contributed by atoms with E-state index in [1.54, 1.807) is 0 Å². The van der Waals surface area contributed by atoms with E-state index in [2.05, 4.69) is 34.6 Å². The zero-order valence-electron chi connectivity index (χ0n) is 17.3. The molecular formula is C21H34O6. The quantitative estimate of drug-likeness (QED) is 0.532. The summed E-state index contributed by atoms with van der Waals surface area (Å²) >= 11 is 0. The van der Waals surface area contributed by atoms with Crippen molar-refractivity contribution >= 4 is 17.9 Å². The molecule has 0 saturated heterocycles. The van der Waals surface area contributed by atoms with E-state index in [-0.39, 0.29) is 30.0 Å². The van der Waals surface area contributed by atoms with Gasteiger partial charge in [0.15, 0.2) is 0 Å². The van der Waals surface area contributed by atoms with Gasteiger partial charge in [0.1, 0.15) is 13.2 Å². The van der Waals surface area contributed by atoms with Crippen molar-refractivity contribution < 1.29 is 29.0 Å². The van der Waals surface area contributed by atoms with Gasteiger partial charge in [0.25, 0.3) is 0 Å². The molecule has 0 spiro atoms. The summed E-state index contributed by atoms with van der Waals surface area (Å²) in [5, 5.41) is 9.26. The standard InChI is InChI=1S/C21H34O6/c1-19(2,3)12-21(13-20(21,4)5)18(25)27-11-10-26-17(24)15-9-7-6-8-14(15)16(22)23/h14-15H,6-13H2,1-5H3,(H,22,23). The van der Waals surface area contributed by atoms with E-state index in [9.17, 15) is 19.5 Å². The lowest BCUT2D eigenvalue weighted by molar-refractivity contribution is -0.164. The Bertz CT molecular complexity index is 588. The van der Waals surface area contributed by atoms with E-state index >= 15 is 0 Å². The summed E-state index contributed by atoms with van der Waals surface area (Å²) in [7, 11) is 0. The molecular weight excluding hydrogens is 348 g/mol. The van der Waals surface area contributed by atoms with Crippen LogP contribution in [0.3, 0.4) is 0 Å². The van der Waals surface area contributed by atoms with Gasteiger partial charge in [-0.25, -0.2) is 0 Å². The molecule has 2 fully saturated rings. The number of hydrogen-bond donors (Lipinski definition) is 1. The molecule has 0 aromatic heterocycles. The monoisotopic (exact) mass is 382 g/mol. The summed E-state index contributed by atoms with van der Waals surface area (Å²) in [5.74, 6) is -2.92. The Hall–Kier alpha value is -1.59. The van der Waals surface area contributed by atoms with Gasteiger partial charge < -0.3 is 14.6 Å². The van der Waals surface area contributed by atoms with E-state index in [0.717, 1.165) is 25.7 Å². The van der Waals surface area contributed by atoms with E-state index in [1.807, 2.05) is 0 Å². The van der Waals surface area contributed by atoms with Crippen LogP contribution in [0.15, 0.2) is 0 Å². The van der Waals surface area contributed by atoms with Crippen molar-refractivity contribution in [2.75, 3.05) is 13.2 Å². The highest BCUT2D eigenvalue weighted by atomic mass is 16.6. The second-order valence-electron chi connectivity index (χ2n) is 10.0. The minimum atomic E-state index is -0.942. The molecule has 2 rings (SSSR count). The molecule has 0 aromatic rings. The summed E-state index contributed by atoms with van der Waals surface area (Å²) in [4.78, 5) is 36.2. The van der Waals surface area contributed by atoms with Crippen molar-refractivity contribution in [2.45, 2.75) is 73.1 Å². The lowest BCUT2D eigenvalue weighted by Crippen LogP contribution is -2.34. The highest BCUT2D eigenvalue weighted by molar-refractivity contribution is 5.82. The van der Waals surface area contributed by atoms with Gasteiger partial charge >= 0.3 is 17.9 Å². The average Bonchev–Trinajstić information content (AvgIpc) is 3.10. The third-order valence-electron chi connectivity index (χ3n) is 6.08. The van der Waals surface area contributed by atoms with Crippen molar-refractivity contribution in [3.63, 3.8) is 0 Å². The molecule has 0 aromatic carbocycles. The van der Waals surface area contributed by atoms with Gasteiger partial charge in [-0.1, -0.05) is 47.5 Å². The zero-order chi connectivity index (χ0) is 20.5. The molecule has 0 aliphatic heterocycles. The molecule has 154 valence electrons. The first-order valence-corrected chi connectivity index (χ1v) is 9.96. The zero-order valence-corrected chi connectivity index (χ0v) is 17.3. The number of carbonyl (C=O) groups excluding carboxylic acids is 2. The summed E-state index contributed by atoms with van der Waals surface area (Å²) in [6.07, 6.45) is 4.27. The Kier molecular flexibility index (Phi) is 6.27. The number of carbonyl (C=O) groups is 3. The van der Waals surface area contributed by atoms with Crippen LogP contribution in [0.5, 0.6) is 0 Å². The minimum absolute atomic E-state index is 0.0109. The summed E-state index contributed by atoms with van der Waals surface area (Å²) < 4.78 is 10.6. The Morgan fingerprint density at radius 1 is 1.00 bits per heavy atom. The molecule has 0 amide bonds. The third kappa shape index (κ3) is 5.02. The lowest BCUT2D eigenvalue weighted by atomic mass is 9.79. The average molecular weight is 382 g/mol. The molecule has 2 saturated carbocycles. The SMILES string of the molecule is CC(C)(C)CC1(C(=O)OCCOC(=O)C2CCCCC2C(=O)O)CC1(C)C. The van der Waals surface area contributed by atoms with Crippen molar-refractivity contribution in [1.82, 2.24) is 0 Å². The number of hydrogen-bond acceptors (Lipinski definition) is 5. The van der Waals surface area contributed by atoms with Crippen molar-refractivity contribution in [3.05, 3.63) is 0 Å². The molecule has 6 heteroatoms. The van der Waals surface area contributed by atoms with Gasteiger partial charge in [-0.05, 0) is 36.5 Å². The maximum atomic E-state index is 12.7. The van der Waals surface area contributed by atoms with Gasteiger partial charge in [-0.15, -0.1) is 0 Å². The molecule has 0 bridgehead atoms. The minimum Gasteiger partial charge on any atom is -0.481 e. The fraction of sp³-hybridized carbons (Fsp3) is 0.857. The van der Waals surface area contributed by atoms with Crippen LogP contribution in [-0.4, -0.2) is 36.2 Å². The number of ether oxygens (including phenoxy) is 2. The number of rotatable bonds is 7. The Morgan fingerprint density at radius 3 is 2.00 bits per heavy atom. The summed E-state index contributed by atoms with van der Waals surface area (Å²) in [6, 6.07) is 0. The fourth-order valence-electron chi connectivity index (χ4n) is 4.57. The molecule has 3 unspecified atom stereocenters. The molecule has 0 radical (unpaired) electrons. The van der Waals surface area contributed by atoms with Crippen LogP contribution in [0.1, 0.15) is 73.1 Å². The maximum absolute atomic E-state index is 12.7. The molecule has 2 aliphatic carbocycles. The lowest BCUT2D eigenvalue weighted by Gasteiger charge is -2.28. The van der Waals surface area contributed by atoms with Crippen LogP contribution in [0, 0.1) is 28.1 Å². The first-order valence-electron chi connectivity index (χ1n) is 9.96. The second kappa shape index (κ2) is 7.80. The molecule has 6 nitrogen and oxygen atoms in total. The van der Waals surface area contributed by atoms with E-state index < -0.39 is 29.2 Å². The predicted molar refractivity (Wildman–Crippen MR) is 99.9 cm³/mol. The molecule has 1 N–H and O–H groups in total. The number of aliphatic carboxylic acids is 1. The van der Waals surface area contributed by atoms with Crippen LogP contribution in [-0.2, 0) is 23.9 Å². The first kappa shape index (κ1) is 21.7. The topological polar surface area (TPSA) is 89.9 Å². The van der Waals surface area contributed by atoms with E-state index in [4.69, 9.17) is 9.47 Å². The first-order chi connectivity index (χ1) is 12.4. The number of esters is 2. The van der Waals surface area contributed by atoms with E-state index in [0.29, 0.717) is 12.8 Å². The van der Waals surface area contributed by atoms with Gasteiger partial charge in [0.2, 0.25) is 0 Å². The molecule has 0 heterocycles. The summed E-state index contributed by atoms with van der Waals surface area (Å²) in [5.41, 5.74) is -0.524. The highest BCUT2D eigenvalue weighted by Gasteiger charge is 2.67. The third-order valence-corrected chi connectivity index (χ3v) is 6.08. The predicted octanol–water partition coefficient (Wildman–Crippen LogP) is 3.82. The fourth-order valence-corrected chi connectivity index (χ4v) is 4.57. The van der Waals surface area contributed by atoms with Gasteiger partial charge in [-0.3, -0.25) is 14.4 Å². The van der Waals surface area contributed by atoms with Crippen LogP contribution in [0.2, 0.25) is 0 Å². The normalized spacial score (nSPS) is 29.7. The second-order valence-corrected chi connectivity index (χ2v) is 10.0. The number of carboxylic acids is 1. The largest absolute Gasteiger partial charge is 0.481 e. The molecule has 3 atom stereocenters. The van der Waals surface area contributed by atoms with Crippen molar-refractivity contribution in [2.24, 2.45) is 28.1 Å². The van der Waals surface area contributed by atoms with Crippen LogP contribution in [0.25, 0.3) is 0 Å². The van der Waals surface area contributed by atoms with E-state index in [1.165, 1.54) is 0 Å². The van der Waals surface area contributed by atoms with Gasteiger partial charge in [0.05, 0.1) is 17.3 Å². The Balaban J connectivity index is 1.81. The van der Waals surface area contributed by atoms with Gasteiger partial charge in [-0.2, -0.15) is 0 Å². The highest BCUT2D eigenvalue weighted by Crippen LogP contribution is 2.68. The maximum Gasteiger partial charge on any atom is 0.312 e. The summed E-state index contributed by atoms with van der Waals surface area (Å²) in [6.45, 7) is 10.5. The Labute approximate surface area is 162 Å². The Morgan fingerprint density at radius 2 is 1.52 bits per heavy atom. The van der Waals surface area contributed by atoms with Crippen molar-refractivity contribution in [1.29, 1.82) is 0 Å². The van der Waals surface area contributed by atoms with Crippen LogP contribution in [0.4, 0.5) is 0 Å². The number of carboxylic acid groups (broad SMARTS) is 1. The molecule has 2 aliphatic rings. The molecule has 27 heavy (non-hydrogen) atoms. The van der Waals surface area contributed by atoms with Crippen LogP contribution >= 0.6 is 0 Å². The van der Waals surface area contributed by atoms with Crippen molar-refractivity contribution in [3.8, 4) is 0 Å². The van der Waals surface area contributed by atoms with Gasteiger partial charge in [0, 0.05) is 0 Å². The smallest absolute Gasteiger partial charge is 0.312 e.